The third-order valence-electron chi connectivity index (χ3n) is 5.41. The van der Waals surface area contributed by atoms with Gasteiger partial charge in [-0.3, -0.25) is 0 Å². The van der Waals surface area contributed by atoms with Crippen LogP contribution in [0.3, 0.4) is 0 Å². The Bertz CT molecular complexity index is 912. The Labute approximate surface area is 179 Å². The molecule has 2 aromatic rings. The summed E-state index contributed by atoms with van der Waals surface area (Å²) < 4.78 is 25.5. The number of ether oxygens (including phenoxy) is 2. The van der Waals surface area contributed by atoms with Crippen LogP contribution >= 0.6 is 23.2 Å². The molecule has 0 unspecified atom stereocenters. The summed E-state index contributed by atoms with van der Waals surface area (Å²) in [6.07, 6.45) is 3.74. The van der Waals surface area contributed by atoms with Gasteiger partial charge < -0.3 is 14.4 Å². The van der Waals surface area contributed by atoms with Gasteiger partial charge in [-0.15, -0.1) is 0 Å². The Balaban J connectivity index is 1.55. The standard InChI is InChI=1S/C22H22Cl2FNO3/c1-28-22(27)19-10-18(13-4-5-13)21(11-20(19)25)29-17-3-2-6-26(12-17)16-8-14(23)7-15(24)9-16/h7-11,13,17H,2-6,12H2,1H3/t17-/m1/s1. The lowest BCUT2D eigenvalue weighted by atomic mass is 10.0. The molecule has 4 nitrogen and oxygen atoms in total. The van der Waals surface area contributed by atoms with Crippen LogP contribution in [0.2, 0.25) is 10.0 Å². The third kappa shape index (κ3) is 4.62. The first-order valence-corrected chi connectivity index (χ1v) is 10.5. The molecule has 1 atom stereocenters. The average Bonchev–Trinajstić information content (AvgIpc) is 3.52. The van der Waals surface area contributed by atoms with Crippen LogP contribution in [0, 0.1) is 5.82 Å². The molecule has 2 aliphatic rings. The molecule has 2 fully saturated rings. The van der Waals surface area contributed by atoms with Crippen LogP contribution in [0.15, 0.2) is 30.3 Å². The van der Waals surface area contributed by atoms with E-state index in [0.29, 0.717) is 28.3 Å². The van der Waals surface area contributed by atoms with Crippen molar-refractivity contribution in [3.05, 3.63) is 57.3 Å². The molecule has 4 rings (SSSR count). The lowest BCUT2D eigenvalue weighted by Crippen LogP contribution is -2.41. The van der Waals surface area contributed by atoms with E-state index >= 15 is 0 Å². The van der Waals surface area contributed by atoms with Crippen molar-refractivity contribution in [1.29, 1.82) is 0 Å². The first kappa shape index (κ1) is 20.3. The maximum atomic E-state index is 14.5. The molecule has 0 spiro atoms. The van der Waals surface area contributed by atoms with Crippen molar-refractivity contribution in [3.8, 4) is 5.75 Å². The van der Waals surface area contributed by atoms with Gasteiger partial charge in [0.2, 0.25) is 0 Å². The monoisotopic (exact) mass is 437 g/mol. The number of hydrogen-bond acceptors (Lipinski definition) is 4. The molecule has 0 aromatic heterocycles. The van der Waals surface area contributed by atoms with Crippen LogP contribution in [0.5, 0.6) is 5.75 Å². The van der Waals surface area contributed by atoms with E-state index in [-0.39, 0.29) is 11.7 Å². The van der Waals surface area contributed by atoms with Crippen LogP contribution in [-0.4, -0.2) is 32.3 Å². The summed E-state index contributed by atoms with van der Waals surface area (Å²) in [5.74, 6) is -0.461. The summed E-state index contributed by atoms with van der Waals surface area (Å²) in [4.78, 5) is 14.0. The van der Waals surface area contributed by atoms with Gasteiger partial charge in [0.25, 0.3) is 0 Å². The van der Waals surface area contributed by atoms with E-state index in [1.54, 1.807) is 12.1 Å². The number of methoxy groups -OCH3 is 1. The van der Waals surface area contributed by atoms with Gasteiger partial charge in [-0.25, -0.2) is 9.18 Å². The van der Waals surface area contributed by atoms with Crippen molar-refractivity contribution in [1.82, 2.24) is 0 Å². The molecule has 1 aliphatic carbocycles. The minimum absolute atomic E-state index is 0.0411. The number of benzene rings is 2. The molecule has 0 radical (unpaired) electrons. The van der Waals surface area contributed by atoms with Gasteiger partial charge in [-0.2, -0.15) is 0 Å². The second-order valence-electron chi connectivity index (χ2n) is 7.59. The Kier molecular flexibility index (Phi) is 5.88. The van der Waals surface area contributed by atoms with E-state index in [1.165, 1.54) is 13.2 Å². The Hall–Kier alpha value is -1.98. The van der Waals surface area contributed by atoms with E-state index in [1.807, 2.05) is 12.1 Å². The first-order valence-electron chi connectivity index (χ1n) is 9.74. The average molecular weight is 438 g/mol. The second kappa shape index (κ2) is 8.41. The van der Waals surface area contributed by atoms with E-state index in [2.05, 4.69) is 4.90 Å². The molecule has 1 saturated heterocycles. The minimum atomic E-state index is -0.669. The summed E-state index contributed by atoms with van der Waals surface area (Å²) in [6, 6.07) is 8.39. The number of nitrogens with zero attached hydrogens (tertiary/aromatic N) is 1. The largest absolute Gasteiger partial charge is 0.488 e. The van der Waals surface area contributed by atoms with Crippen molar-refractivity contribution in [3.63, 3.8) is 0 Å². The van der Waals surface area contributed by atoms with Gasteiger partial charge in [0.1, 0.15) is 17.7 Å². The van der Waals surface area contributed by atoms with Crippen molar-refractivity contribution < 1.29 is 18.7 Å². The van der Waals surface area contributed by atoms with Crippen LogP contribution in [-0.2, 0) is 4.74 Å². The Morgan fingerprint density at radius 1 is 1.10 bits per heavy atom. The maximum absolute atomic E-state index is 14.5. The number of piperidine rings is 1. The van der Waals surface area contributed by atoms with Gasteiger partial charge >= 0.3 is 5.97 Å². The zero-order chi connectivity index (χ0) is 20.5. The molecular formula is C22H22Cl2FNO3. The quantitative estimate of drug-likeness (QED) is 0.550. The Morgan fingerprint density at radius 2 is 1.83 bits per heavy atom. The van der Waals surface area contributed by atoms with Gasteiger partial charge in [-0.05, 0) is 61.4 Å². The highest BCUT2D eigenvalue weighted by Crippen LogP contribution is 2.45. The number of anilines is 1. The van der Waals surface area contributed by atoms with Crippen LogP contribution in [0.25, 0.3) is 0 Å². The summed E-state index contributed by atoms with van der Waals surface area (Å²) in [5, 5.41) is 1.18. The SMILES string of the molecule is COC(=O)c1cc(C2CC2)c(O[C@@H]2CCCN(c3cc(Cl)cc(Cl)c3)C2)cc1F. The summed E-state index contributed by atoms with van der Waals surface area (Å²) in [6.45, 7) is 1.53. The number of rotatable bonds is 5. The van der Waals surface area contributed by atoms with Crippen molar-refractivity contribution in [2.75, 3.05) is 25.1 Å². The maximum Gasteiger partial charge on any atom is 0.340 e. The molecule has 0 bridgehead atoms. The molecule has 0 amide bonds. The molecule has 1 heterocycles. The molecule has 154 valence electrons. The van der Waals surface area contributed by atoms with E-state index in [4.69, 9.17) is 32.7 Å². The van der Waals surface area contributed by atoms with E-state index in [9.17, 15) is 9.18 Å². The number of hydrogen-bond donors (Lipinski definition) is 0. The molecule has 1 saturated carbocycles. The number of halogens is 3. The minimum Gasteiger partial charge on any atom is -0.488 e. The summed E-state index contributed by atoms with van der Waals surface area (Å²) >= 11 is 12.3. The highest BCUT2D eigenvalue weighted by Gasteiger charge is 2.31. The zero-order valence-corrected chi connectivity index (χ0v) is 17.6. The van der Waals surface area contributed by atoms with Gasteiger partial charge in [0, 0.05) is 28.3 Å². The van der Waals surface area contributed by atoms with Crippen molar-refractivity contribution in [2.45, 2.75) is 37.7 Å². The van der Waals surface area contributed by atoms with E-state index < -0.39 is 11.8 Å². The van der Waals surface area contributed by atoms with Crippen LogP contribution in [0.4, 0.5) is 10.1 Å². The summed E-state index contributed by atoms with van der Waals surface area (Å²) in [7, 11) is 1.25. The van der Waals surface area contributed by atoms with Gasteiger partial charge in [0.15, 0.2) is 0 Å². The van der Waals surface area contributed by atoms with Crippen LogP contribution in [0.1, 0.15) is 47.5 Å². The predicted octanol–water partition coefficient (Wildman–Crippen LogP) is 5.84. The van der Waals surface area contributed by atoms with Gasteiger partial charge in [0.05, 0.1) is 19.2 Å². The normalized spacial score (nSPS) is 19.2. The zero-order valence-electron chi connectivity index (χ0n) is 16.1. The third-order valence-corrected chi connectivity index (χ3v) is 5.84. The molecular weight excluding hydrogens is 416 g/mol. The van der Waals surface area contributed by atoms with E-state index in [0.717, 1.165) is 43.5 Å². The fourth-order valence-corrected chi connectivity index (χ4v) is 4.34. The number of esters is 1. The lowest BCUT2D eigenvalue weighted by molar-refractivity contribution is 0.0595. The lowest BCUT2D eigenvalue weighted by Gasteiger charge is -2.35. The predicted molar refractivity (Wildman–Crippen MR) is 112 cm³/mol. The molecule has 2 aromatic carbocycles. The second-order valence-corrected chi connectivity index (χ2v) is 8.46. The fraction of sp³-hybridized carbons (Fsp3) is 0.409. The smallest absolute Gasteiger partial charge is 0.340 e. The first-order chi connectivity index (χ1) is 13.9. The topological polar surface area (TPSA) is 38.8 Å². The fourth-order valence-electron chi connectivity index (χ4n) is 3.82. The van der Waals surface area contributed by atoms with Crippen LogP contribution < -0.4 is 9.64 Å². The molecule has 7 heteroatoms. The Morgan fingerprint density at radius 3 is 2.48 bits per heavy atom. The molecule has 29 heavy (non-hydrogen) atoms. The highest BCUT2D eigenvalue weighted by molar-refractivity contribution is 6.35. The van der Waals surface area contributed by atoms with Crippen molar-refractivity contribution in [2.24, 2.45) is 0 Å². The molecule has 1 aliphatic heterocycles. The van der Waals surface area contributed by atoms with Crippen molar-refractivity contribution >= 4 is 34.9 Å². The molecule has 0 N–H and O–H groups in total. The van der Waals surface area contributed by atoms with Gasteiger partial charge in [-0.1, -0.05) is 23.2 Å². The summed E-state index contributed by atoms with van der Waals surface area (Å²) in [5.41, 5.74) is 1.79. The number of carbonyl (C=O) groups is 1. The highest BCUT2D eigenvalue weighted by atomic mass is 35.5. The number of carbonyl (C=O) groups excluding carboxylic acids is 1.